The molecular formula is C23H26N2O4. The molecule has 0 aliphatic carbocycles. The molecule has 1 aliphatic rings. The first-order chi connectivity index (χ1) is 14.0. The number of esters is 1. The van der Waals surface area contributed by atoms with Gasteiger partial charge in [-0.3, -0.25) is 9.59 Å². The number of nitrogens with one attached hydrogen (secondary N) is 1. The molecule has 0 radical (unpaired) electrons. The number of carbonyl (C=O) groups excluding carboxylic acids is 3. The Morgan fingerprint density at radius 1 is 1.10 bits per heavy atom. The fraction of sp³-hybridized carbons (Fsp3) is 0.348. The number of hydrogen-bond donors (Lipinski definition) is 1. The second-order valence-corrected chi connectivity index (χ2v) is 7.24. The van der Waals surface area contributed by atoms with Crippen LogP contribution in [0.4, 0.5) is 5.69 Å². The van der Waals surface area contributed by atoms with E-state index in [1.54, 1.807) is 29.2 Å². The highest BCUT2D eigenvalue weighted by Crippen LogP contribution is 2.25. The summed E-state index contributed by atoms with van der Waals surface area (Å²) in [6, 6.07) is 16.9. The molecule has 1 fully saturated rings. The number of para-hydroxylation sites is 1. The summed E-state index contributed by atoms with van der Waals surface area (Å²) in [4.78, 5) is 38.2. The molecule has 2 amide bonds. The van der Waals surface area contributed by atoms with Gasteiger partial charge in [-0.25, -0.2) is 4.79 Å². The fourth-order valence-electron chi connectivity index (χ4n) is 3.41. The summed E-state index contributed by atoms with van der Waals surface area (Å²) >= 11 is 0. The number of benzene rings is 2. The number of aryl methyl sites for hydroxylation is 1. The maximum Gasteiger partial charge on any atom is 0.340 e. The van der Waals surface area contributed by atoms with Gasteiger partial charge in [0.1, 0.15) is 0 Å². The van der Waals surface area contributed by atoms with Gasteiger partial charge in [0.05, 0.1) is 11.3 Å². The molecule has 0 aromatic heterocycles. The maximum absolute atomic E-state index is 12.5. The van der Waals surface area contributed by atoms with Gasteiger partial charge in [0.25, 0.3) is 5.91 Å². The molecular weight excluding hydrogens is 368 g/mol. The minimum absolute atomic E-state index is 0.00441. The summed E-state index contributed by atoms with van der Waals surface area (Å²) in [7, 11) is 0. The Labute approximate surface area is 170 Å². The van der Waals surface area contributed by atoms with Gasteiger partial charge in [-0.05, 0) is 43.9 Å². The standard InChI is InChI=1S/C23H26N2O4/c1-17(13-14-18-8-3-2-4-9-18)24-21(26)16-29-23(28)19-10-5-6-11-20(19)25-15-7-12-22(25)27/h2-6,8-11,17H,7,12-16H2,1H3,(H,24,26)/t17-/m0/s1. The lowest BCUT2D eigenvalue weighted by atomic mass is 10.1. The van der Waals surface area contributed by atoms with Gasteiger partial charge in [-0.1, -0.05) is 42.5 Å². The Morgan fingerprint density at radius 3 is 2.55 bits per heavy atom. The average molecular weight is 394 g/mol. The van der Waals surface area contributed by atoms with Crippen molar-refractivity contribution in [3.8, 4) is 0 Å². The molecule has 0 spiro atoms. The van der Waals surface area contributed by atoms with Crippen molar-refractivity contribution in [1.29, 1.82) is 0 Å². The second-order valence-electron chi connectivity index (χ2n) is 7.24. The molecule has 2 aromatic rings. The molecule has 3 rings (SSSR count). The number of carbonyl (C=O) groups is 3. The van der Waals surface area contributed by atoms with Crippen molar-refractivity contribution in [3.63, 3.8) is 0 Å². The summed E-state index contributed by atoms with van der Waals surface area (Å²) in [6.45, 7) is 2.16. The smallest absolute Gasteiger partial charge is 0.340 e. The molecule has 1 aliphatic heterocycles. The van der Waals surface area contributed by atoms with E-state index in [9.17, 15) is 14.4 Å². The molecule has 1 N–H and O–H groups in total. The first-order valence-electron chi connectivity index (χ1n) is 9.94. The van der Waals surface area contributed by atoms with Crippen LogP contribution in [0.3, 0.4) is 0 Å². The van der Waals surface area contributed by atoms with Gasteiger partial charge in [-0.2, -0.15) is 0 Å². The van der Waals surface area contributed by atoms with E-state index in [4.69, 9.17) is 4.74 Å². The normalized spacial score (nSPS) is 14.5. The van der Waals surface area contributed by atoms with Crippen LogP contribution in [0.25, 0.3) is 0 Å². The largest absolute Gasteiger partial charge is 0.452 e. The fourth-order valence-corrected chi connectivity index (χ4v) is 3.41. The van der Waals surface area contributed by atoms with Crippen LogP contribution in [-0.4, -0.2) is 37.0 Å². The number of ether oxygens (including phenoxy) is 1. The lowest BCUT2D eigenvalue weighted by molar-refractivity contribution is -0.124. The quantitative estimate of drug-likeness (QED) is 0.698. The lowest BCUT2D eigenvalue weighted by Gasteiger charge is -2.19. The van der Waals surface area contributed by atoms with E-state index in [1.807, 2.05) is 25.1 Å². The van der Waals surface area contributed by atoms with Crippen LogP contribution in [0.2, 0.25) is 0 Å². The molecule has 6 nitrogen and oxygen atoms in total. The molecule has 29 heavy (non-hydrogen) atoms. The van der Waals surface area contributed by atoms with Crippen molar-refractivity contribution in [3.05, 3.63) is 65.7 Å². The number of hydrogen-bond acceptors (Lipinski definition) is 4. The minimum atomic E-state index is -0.604. The Kier molecular flexibility index (Phi) is 7.00. The van der Waals surface area contributed by atoms with Gasteiger partial charge in [0, 0.05) is 19.0 Å². The van der Waals surface area contributed by atoms with E-state index in [-0.39, 0.29) is 24.5 Å². The van der Waals surface area contributed by atoms with Gasteiger partial charge >= 0.3 is 5.97 Å². The number of nitrogens with zero attached hydrogens (tertiary/aromatic N) is 1. The van der Waals surface area contributed by atoms with Crippen LogP contribution in [0.15, 0.2) is 54.6 Å². The van der Waals surface area contributed by atoms with E-state index in [0.717, 1.165) is 19.3 Å². The molecule has 0 bridgehead atoms. The lowest BCUT2D eigenvalue weighted by Crippen LogP contribution is -2.36. The highest BCUT2D eigenvalue weighted by Gasteiger charge is 2.26. The van der Waals surface area contributed by atoms with E-state index < -0.39 is 5.97 Å². The van der Waals surface area contributed by atoms with Gasteiger partial charge in [-0.15, -0.1) is 0 Å². The third-order valence-corrected chi connectivity index (χ3v) is 4.94. The van der Waals surface area contributed by atoms with Crippen molar-refractivity contribution < 1.29 is 19.1 Å². The summed E-state index contributed by atoms with van der Waals surface area (Å²) in [6.07, 6.45) is 2.90. The first kappa shape index (κ1) is 20.6. The zero-order valence-corrected chi connectivity index (χ0v) is 16.6. The summed E-state index contributed by atoms with van der Waals surface area (Å²) in [5.41, 5.74) is 2.05. The van der Waals surface area contributed by atoms with Crippen molar-refractivity contribution in [2.75, 3.05) is 18.1 Å². The van der Waals surface area contributed by atoms with E-state index >= 15 is 0 Å². The zero-order valence-electron chi connectivity index (χ0n) is 16.6. The zero-order chi connectivity index (χ0) is 20.6. The Morgan fingerprint density at radius 2 is 1.83 bits per heavy atom. The molecule has 6 heteroatoms. The van der Waals surface area contributed by atoms with Crippen molar-refractivity contribution in [1.82, 2.24) is 5.32 Å². The molecule has 152 valence electrons. The van der Waals surface area contributed by atoms with Crippen LogP contribution in [0.5, 0.6) is 0 Å². The first-order valence-corrected chi connectivity index (χ1v) is 9.94. The third-order valence-electron chi connectivity index (χ3n) is 4.94. The Bertz CT molecular complexity index is 866. The van der Waals surface area contributed by atoms with Crippen molar-refractivity contribution in [2.45, 2.75) is 38.6 Å². The Hall–Kier alpha value is -3.15. The van der Waals surface area contributed by atoms with E-state index in [1.165, 1.54) is 5.56 Å². The predicted molar refractivity (Wildman–Crippen MR) is 111 cm³/mol. The average Bonchev–Trinajstić information content (AvgIpc) is 3.17. The van der Waals surface area contributed by atoms with Gasteiger partial charge in [0.2, 0.25) is 5.91 Å². The van der Waals surface area contributed by atoms with Crippen molar-refractivity contribution in [2.24, 2.45) is 0 Å². The van der Waals surface area contributed by atoms with Gasteiger partial charge < -0.3 is 15.0 Å². The second kappa shape index (κ2) is 9.87. The molecule has 2 aromatic carbocycles. The highest BCUT2D eigenvalue weighted by atomic mass is 16.5. The monoisotopic (exact) mass is 394 g/mol. The summed E-state index contributed by atoms with van der Waals surface area (Å²) < 4.78 is 5.20. The summed E-state index contributed by atoms with van der Waals surface area (Å²) in [5.74, 6) is -0.948. The molecule has 1 heterocycles. The molecule has 1 saturated heterocycles. The molecule has 0 saturated carbocycles. The number of amides is 2. The van der Waals surface area contributed by atoms with Crippen molar-refractivity contribution >= 4 is 23.5 Å². The topological polar surface area (TPSA) is 75.7 Å². The van der Waals surface area contributed by atoms with Crippen LogP contribution in [-0.2, 0) is 20.7 Å². The van der Waals surface area contributed by atoms with Crippen LogP contribution < -0.4 is 10.2 Å². The van der Waals surface area contributed by atoms with Gasteiger partial charge in [0.15, 0.2) is 6.61 Å². The van der Waals surface area contributed by atoms with Crippen LogP contribution >= 0.6 is 0 Å². The number of anilines is 1. The highest BCUT2D eigenvalue weighted by molar-refractivity contribution is 6.03. The van der Waals surface area contributed by atoms with E-state index in [2.05, 4.69) is 17.4 Å². The van der Waals surface area contributed by atoms with Crippen LogP contribution in [0.1, 0.15) is 42.1 Å². The molecule has 1 atom stereocenters. The third kappa shape index (κ3) is 5.67. The summed E-state index contributed by atoms with van der Waals surface area (Å²) in [5, 5.41) is 2.85. The minimum Gasteiger partial charge on any atom is -0.452 e. The SMILES string of the molecule is C[C@@H](CCc1ccccc1)NC(=O)COC(=O)c1ccccc1N1CCCC1=O. The number of rotatable bonds is 8. The predicted octanol–water partition coefficient (Wildman–Crippen LogP) is 3.11. The molecule has 0 unspecified atom stereocenters. The maximum atomic E-state index is 12.5. The Balaban J connectivity index is 1.49. The van der Waals surface area contributed by atoms with E-state index in [0.29, 0.717) is 24.2 Å². The van der Waals surface area contributed by atoms with Crippen LogP contribution in [0, 0.1) is 0 Å².